The number of nitrogens with zero attached hydrogens (tertiary/aromatic N) is 1. The predicted octanol–water partition coefficient (Wildman–Crippen LogP) is 1.61. The van der Waals surface area contributed by atoms with Crippen LogP contribution in [0.1, 0.15) is 27.2 Å². The minimum Gasteiger partial charge on any atom is -0.383 e. The Labute approximate surface area is 118 Å². The smallest absolute Gasteiger partial charge is 0.0589 e. The van der Waals surface area contributed by atoms with Crippen molar-refractivity contribution in [3.63, 3.8) is 0 Å². The molecule has 0 aromatic heterocycles. The topological polar surface area (TPSA) is 33.7 Å². The molecule has 0 saturated carbocycles. The van der Waals surface area contributed by atoms with Crippen LogP contribution in [0, 0.1) is 11.3 Å². The van der Waals surface area contributed by atoms with E-state index >= 15 is 0 Å². The molecular weight excluding hydrogens is 240 g/mol. The molecule has 1 rings (SSSR count). The molecule has 1 heterocycles. The number of hydrogen-bond donors (Lipinski definition) is 1. The third-order valence-electron chi connectivity index (χ3n) is 3.86. The van der Waals surface area contributed by atoms with Crippen LogP contribution in [-0.2, 0) is 9.47 Å². The first-order valence-corrected chi connectivity index (χ1v) is 7.61. The molecule has 0 spiro atoms. The molecule has 1 atom stereocenters. The highest BCUT2D eigenvalue weighted by molar-refractivity contribution is 4.88. The lowest BCUT2D eigenvalue weighted by Crippen LogP contribution is -2.46. The minimum absolute atomic E-state index is 0.290. The van der Waals surface area contributed by atoms with Crippen LogP contribution in [0.3, 0.4) is 0 Å². The van der Waals surface area contributed by atoms with Gasteiger partial charge < -0.3 is 19.7 Å². The van der Waals surface area contributed by atoms with E-state index in [0.29, 0.717) is 11.3 Å². The molecule has 4 heteroatoms. The summed E-state index contributed by atoms with van der Waals surface area (Å²) in [7, 11) is 1.77. The summed E-state index contributed by atoms with van der Waals surface area (Å²) in [5, 5.41) is 3.62. The Kier molecular flexibility index (Phi) is 7.91. The lowest BCUT2D eigenvalue weighted by molar-refractivity contribution is 0.0895. The van der Waals surface area contributed by atoms with Gasteiger partial charge in [0.05, 0.1) is 13.2 Å². The Hall–Kier alpha value is -0.160. The zero-order valence-corrected chi connectivity index (χ0v) is 13.2. The maximum absolute atomic E-state index is 5.67. The zero-order valence-electron chi connectivity index (χ0n) is 13.2. The molecule has 0 aromatic rings. The molecule has 4 nitrogen and oxygen atoms in total. The molecule has 0 bridgehead atoms. The van der Waals surface area contributed by atoms with E-state index in [1.807, 2.05) is 0 Å². The molecule has 1 fully saturated rings. The second-order valence-electron chi connectivity index (χ2n) is 6.19. The highest BCUT2D eigenvalue weighted by Crippen LogP contribution is 2.29. The van der Waals surface area contributed by atoms with Crippen LogP contribution in [0.2, 0.25) is 0 Å². The first-order valence-electron chi connectivity index (χ1n) is 7.61. The van der Waals surface area contributed by atoms with Gasteiger partial charge in [-0.05, 0) is 25.4 Å². The molecule has 0 radical (unpaired) electrons. The normalized spacial score (nSPS) is 23.7. The predicted molar refractivity (Wildman–Crippen MR) is 79.6 cm³/mol. The lowest BCUT2D eigenvalue weighted by Gasteiger charge is -2.34. The zero-order chi connectivity index (χ0) is 14.1. The molecule has 1 aliphatic heterocycles. The van der Waals surface area contributed by atoms with Crippen molar-refractivity contribution in [2.45, 2.75) is 27.2 Å². The fourth-order valence-electron chi connectivity index (χ4n) is 2.64. The average Bonchev–Trinajstić information content (AvgIpc) is 2.83. The van der Waals surface area contributed by atoms with E-state index < -0.39 is 0 Å². The van der Waals surface area contributed by atoms with Crippen LogP contribution in [0.5, 0.6) is 0 Å². The quantitative estimate of drug-likeness (QED) is 0.655. The second kappa shape index (κ2) is 8.90. The first-order chi connectivity index (χ1) is 9.12. The van der Waals surface area contributed by atoms with Crippen molar-refractivity contribution in [1.29, 1.82) is 0 Å². The number of nitrogens with one attached hydrogen (secondary N) is 1. The molecule has 114 valence electrons. The summed E-state index contributed by atoms with van der Waals surface area (Å²) in [6, 6.07) is 0. The summed E-state index contributed by atoms with van der Waals surface area (Å²) in [5.41, 5.74) is 0.290. The minimum atomic E-state index is 0.290. The van der Waals surface area contributed by atoms with E-state index in [2.05, 4.69) is 31.0 Å². The van der Waals surface area contributed by atoms with Gasteiger partial charge in [-0.25, -0.2) is 0 Å². The van der Waals surface area contributed by atoms with Crippen LogP contribution in [0.4, 0.5) is 0 Å². The van der Waals surface area contributed by atoms with Crippen LogP contribution in [-0.4, -0.2) is 64.6 Å². The van der Waals surface area contributed by atoms with Gasteiger partial charge >= 0.3 is 0 Å². The van der Waals surface area contributed by atoms with Crippen LogP contribution in [0.25, 0.3) is 0 Å². The van der Waals surface area contributed by atoms with Crippen LogP contribution in [0.15, 0.2) is 0 Å². The number of likely N-dealkylation sites (N-methyl/N-ethyl adjacent to an activating group) is 1. The van der Waals surface area contributed by atoms with Gasteiger partial charge in [-0.2, -0.15) is 0 Å². The molecule has 1 aliphatic rings. The van der Waals surface area contributed by atoms with E-state index in [1.54, 1.807) is 7.11 Å². The van der Waals surface area contributed by atoms with E-state index in [0.717, 1.165) is 52.5 Å². The molecule has 1 saturated heterocycles. The summed E-state index contributed by atoms with van der Waals surface area (Å²) in [6.45, 7) is 14.7. The van der Waals surface area contributed by atoms with Crippen LogP contribution < -0.4 is 5.32 Å². The van der Waals surface area contributed by atoms with Gasteiger partial charge in [-0.15, -0.1) is 0 Å². The van der Waals surface area contributed by atoms with Crippen LogP contribution >= 0.6 is 0 Å². The lowest BCUT2D eigenvalue weighted by atomic mass is 9.86. The highest BCUT2D eigenvalue weighted by Gasteiger charge is 2.36. The number of rotatable bonds is 10. The SMILES string of the molecule is CCN(CCOC)CC1(CNCC(C)C)CCOC1. The van der Waals surface area contributed by atoms with Gasteiger partial charge in [0.25, 0.3) is 0 Å². The fourth-order valence-corrected chi connectivity index (χ4v) is 2.64. The summed E-state index contributed by atoms with van der Waals surface area (Å²) in [4.78, 5) is 2.48. The molecule has 0 aromatic carbocycles. The van der Waals surface area contributed by atoms with E-state index in [1.165, 1.54) is 6.42 Å². The molecule has 1 N–H and O–H groups in total. The first kappa shape index (κ1) is 16.9. The van der Waals surface area contributed by atoms with Gasteiger partial charge in [0, 0.05) is 38.8 Å². The Morgan fingerprint density at radius 2 is 2.21 bits per heavy atom. The van der Waals surface area contributed by atoms with Crippen molar-refractivity contribution >= 4 is 0 Å². The Morgan fingerprint density at radius 3 is 2.74 bits per heavy atom. The molecule has 19 heavy (non-hydrogen) atoms. The Morgan fingerprint density at radius 1 is 1.42 bits per heavy atom. The number of hydrogen-bond acceptors (Lipinski definition) is 4. The van der Waals surface area contributed by atoms with E-state index in [-0.39, 0.29) is 0 Å². The van der Waals surface area contributed by atoms with Crippen molar-refractivity contribution in [2.24, 2.45) is 11.3 Å². The summed E-state index contributed by atoms with van der Waals surface area (Å²) >= 11 is 0. The average molecular weight is 272 g/mol. The summed E-state index contributed by atoms with van der Waals surface area (Å²) in [5.74, 6) is 0.704. The van der Waals surface area contributed by atoms with Gasteiger partial charge in [0.15, 0.2) is 0 Å². The maximum Gasteiger partial charge on any atom is 0.0589 e. The summed E-state index contributed by atoms with van der Waals surface area (Å²) in [6.07, 6.45) is 1.17. The summed E-state index contributed by atoms with van der Waals surface area (Å²) < 4.78 is 10.9. The Balaban J connectivity index is 2.45. The Bertz CT molecular complexity index is 228. The molecular formula is C15H32N2O2. The highest BCUT2D eigenvalue weighted by atomic mass is 16.5. The monoisotopic (exact) mass is 272 g/mol. The third kappa shape index (κ3) is 6.21. The standard InChI is InChI=1S/C15H32N2O2/c1-5-17(7-9-18-4)12-15(6-8-19-13-15)11-16-10-14(2)3/h14,16H,5-13H2,1-4H3. The van der Waals surface area contributed by atoms with Crippen molar-refractivity contribution < 1.29 is 9.47 Å². The van der Waals surface area contributed by atoms with Gasteiger partial charge in [0.2, 0.25) is 0 Å². The third-order valence-corrected chi connectivity index (χ3v) is 3.86. The van der Waals surface area contributed by atoms with E-state index in [4.69, 9.17) is 9.47 Å². The van der Waals surface area contributed by atoms with Crippen molar-refractivity contribution in [1.82, 2.24) is 10.2 Å². The fraction of sp³-hybridized carbons (Fsp3) is 1.00. The van der Waals surface area contributed by atoms with Gasteiger partial charge in [0.1, 0.15) is 0 Å². The molecule has 0 aliphatic carbocycles. The van der Waals surface area contributed by atoms with Crippen molar-refractivity contribution in [3.05, 3.63) is 0 Å². The van der Waals surface area contributed by atoms with E-state index in [9.17, 15) is 0 Å². The van der Waals surface area contributed by atoms with Crippen molar-refractivity contribution in [2.75, 3.05) is 59.7 Å². The maximum atomic E-state index is 5.67. The molecule has 1 unspecified atom stereocenters. The second-order valence-corrected chi connectivity index (χ2v) is 6.19. The van der Waals surface area contributed by atoms with Gasteiger partial charge in [-0.3, -0.25) is 0 Å². The number of ether oxygens (including phenoxy) is 2. The number of methoxy groups -OCH3 is 1. The molecule has 0 amide bonds. The largest absolute Gasteiger partial charge is 0.383 e. The van der Waals surface area contributed by atoms with Crippen molar-refractivity contribution in [3.8, 4) is 0 Å². The van der Waals surface area contributed by atoms with Gasteiger partial charge in [-0.1, -0.05) is 20.8 Å².